The lowest BCUT2D eigenvalue weighted by molar-refractivity contribution is 0.0957. The molecule has 0 spiro atoms. The molecule has 0 radical (unpaired) electrons. The number of phenolic OH excluding ortho intramolecular Hbond substituents is 3. The van der Waals surface area contributed by atoms with Crippen molar-refractivity contribution in [3.05, 3.63) is 53.0 Å². The Morgan fingerprint density at radius 2 is 1.48 bits per heavy atom. The summed E-state index contributed by atoms with van der Waals surface area (Å²) < 4.78 is 10.7. The Morgan fingerprint density at radius 3 is 2.20 bits per heavy atom. The Balaban J connectivity index is 1.96. The van der Waals surface area contributed by atoms with Crippen LogP contribution in [-0.2, 0) is 0 Å². The topological polar surface area (TPSA) is 121 Å². The second-order valence-corrected chi connectivity index (χ2v) is 5.75. The second-order valence-electron chi connectivity index (χ2n) is 5.75. The number of rotatable bonds is 0. The van der Waals surface area contributed by atoms with Gasteiger partial charge in [-0.05, 0) is 18.2 Å². The molecule has 0 saturated heterocycles. The van der Waals surface area contributed by atoms with E-state index in [0.29, 0.717) is 11.0 Å². The van der Waals surface area contributed by atoms with Crippen LogP contribution in [0.1, 0.15) is 32.0 Å². The van der Waals surface area contributed by atoms with E-state index in [-0.39, 0.29) is 39.2 Å². The molecule has 5 rings (SSSR count). The van der Waals surface area contributed by atoms with Gasteiger partial charge in [-0.3, -0.25) is 9.59 Å². The van der Waals surface area contributed by atoms with Gasteiger partial charge in [0.1, 0.15) is 28.4 Å². The Bertz CT molecular complexity index is 1260. The van der Waals surface area contributed by atoms with Crippen LogP contribution in [0.2, 0.25) is 0 Å². The van der Waals surface area contributed by atoms with E-state index in [9.17, 15) is 24.9 Å². The first-order valence-electron chi connectivity index (χ1n) is 7.29. The molecule has 2 aromatic carbocycles. The monoisotopic (exact) mass is 336 g/mol. The Morgan fingerprint density at radius 1 is 0.800 bits per heavy atom. The molecule has 1 aliphatic carbocycles. The van der Waals surface area contributed by atoms with Crippen molar-refractivity contribution in [1.82, 2.24) is 0 Å². The summed E-state index contributed by atoms with van der Waals surface area (Å²) in [6, 6.07) is 5.24. The number of phenols is 3. The fourth-order valence-electron chi connectivity index (χ4n) is 3.32. The molecule has 2 heterocycles. The molecule has 2 aromatic heterocycles. The number of aromatic hydroxyl groups is 3. The molecule has 3 N–H and O–H groups in total. The van der Waals surface area contributed by atoms with Crippen LogP contribution in [0, 0.1) is 0 Å². The average Bonchev–Trinajstić information content (AvgIpc) is 3.19. The van der Waals surface area contributed by atoms with Crippen molar-refractivity contribution in [3.63, 3.8) is 0 Å². The molecule has 0 atom stereocenters. The minimum atomic E-state index is -0.745. The summed E-state index contributed by atoms with van der Waals surface area (Å²) in [6.45, 7) is 0. The summed E-state index contributed by atoms with van der Waals surface area (Å²) in [6.07, 6.45) is 1.38. The highest BCUT2D eigenvalue weighted by atomic mass is 16.4. The molecular formula is C18H8O7. The molecule has 7 heteroatoms. The Labute approximate surface area is 138 Å². The number of carbonyl (C=O) groups excluding carboxylic acids is 2. The first-order chi connectivity index (χ1) is 12.0. The molecular weight excluding hydrogens is 328 g/mol. The third-order valence-corrected chi connectivity index (χ3v) is 4.43. The van der Waals surface area contributed by atoms with Crippen molar-refractivity contribution >= 4 is 33.5 Å². The van der Waals surface area contributed by atoms with Crippen molar-refractivity contribution in [3.8, 4) is 17.2 Å². The van der Waals surface area contributed by atoms with Gasteiger partial charge < -0.3 is 24.2 Å². The van der Waals surface area contributed by atoms with Gasteiger partial charge in [0, 0.05) is 6.07 Å². The van der Waals surface area contributed by atoms with Crippen molar-refractivity contribution in [2.24, 2.45) is 0 Å². The molecule has 0 aliphatic heterocycles. The normalized spacial score (nSPS) is 13.4. The fourth-order valence-corrected chi connectivity index (χ4v) is 3.32. The number of benzene rings is 2. The van der Waals surface area contributed by atoms with Crippen molar-refractivity contribution in [2.75, 3.05) is 0 Å². The number of hydrogen-bond acceptors (Lipinski definition) is 7. The lowest BCUT2D eigenvalue weighted by Crippen LogP contribution is -2.19. The second kappa shape index (κ2) is 4.21. The van der Waals surface area contributed by atoms with Crippen molar-refractivity contribution in [1.29, 1.82) is 0 Å². The van der Waals surface area contributed by atoms with Gasteiger partial charge in [-0.2, -0.15) is 0 Å². The SMILES string of the molecule is O=C1c2oc3cc4occc4c(O)c3c2C(=O)c2c(O)ccc(O)c21. The maximum atomic E-state index is 12.9. The molecule has 7 nitrogen and oxygen atoms in total. The van der Waals surface area contributed by atoms with Gasteiger partial charge in [-0.15, -0.1) is 0 Å². The minimum absolute atomic E-state index is 0.0654. The number of furan rings is 2. The van der Waals surface area contributed by atoms with Gasteiger partial charge in [-0.1, -0.05) is 0 Å². The fraction of sp³-hybridized carbons (Fsp3) is 0. The average molecular weight is 336 g/mol. The van der Waals surface area contributed by atoms with Gasteiger partial charge in [-0.25, -0.2) is 0 Å². The van der Waals surface area contributed by atoms with Crippen molar-refractivity contribution in [2.45, 2.75) is 0 Å². The maximum Gasteiger partial charge on any atom is 0.233 e. The highest BCUT2D eigenvalue weighted by Gasteiger charge is 2.40. The summed E-state index contributed by atoms with van der Waals surface area (Å²) in [5, 5.41) is 30.9. The van der Waals surface area contributed by atoms with Crippen molar-refractivity contribution < 1.29 is 33.7 Å². The standard InChI is InChI=1S/C18H8O7/c19-7-1-2-8(20)12-11(7)16(22)14-13-10(25-18(14)17(12)23)5-9-6(15(13)21)3-4-24-9/h1-5,19-21H. The molecule has 25 heavy (non-hydrogen) atoms. The number of fused-ring (bicyclic) bond motifs is 5. The Kier molecular flexibility index (Phi) is 2.30. The van der Waals surface area contributed by atoms with E-state index in [1.165, 1.54) is 18.4 Å². The van der Waals surface area contributed by atoms with E-state index in [2.05, 4.69) is 0 Å². The largest absolute Gasteiger partial charge is 0.507 e. The van der Waals surface area contributed by atoms with Crippen LogP contribution in [0.4, 0.5) is 0 Å². The quantitative estimate of drug-likeness (QED) is 0.372. The number of carbonyl (C=O) groups is 2. The summed E-state index contributed by atoms with van der Waals surface area (Å²) in [5.41, 5.74) is -0.349. The van der Waals surface area contributed by atoms with Crippen LogP contribution in [-0.4, -0.2) is 26.9 Å². The van der Waals surface area contributed by atoms with Crippen LogP contribution in [0.3, 0.4) is 0 Å². The minimum Gasteiger partial charge on any atom is -0.507 e. The first-order valence-corrected chi connectivity index (χ1v) is 7.29. The smallest absolute Gasteiger partial charge is 0.233 e. The molecule has 0 saturated carbocycles. The predicted molar refractivity (Wildman–Crippen MR) is 84.3 cm³/mol. The highest BCUT2D eigenvalue weighted by Crippen LogP contribution is 2.45. The number of hydrogen-bond donors (Lipinski definition) is 3. The third-order valence-electron chi connectivity index (χ3n) is 4.43. The molecule has 4 aromatic rings. The molecule has 122 valence electrons. The van der Waals surface area contributed by atoms with Gasteiger partial charge in [0.25, 0.3) is 0 Å². The third kappa shape index (κ3) is 1.49. The van der Waals surface area contributed by atoms with E-state index < -0.39 is 23.1 Å². The van der Waals surface area contributed by atoms with Crippen LogP contribution >= 0.6 is 0 Å². The lowest BCUT2D eigenvalue weighted by Gasteiger charge is -2.15. The zero-order chi connectivity index (χ0) is 17.5. The Hall–Kier alpha value is -3.74. The van der Waals surface area contributed by atoms with E-state index in [4.69, 9.17) is 8.83 Å². The van der Waals surface area contributed by atoms with Crippen LogP contribution in [0.25, 0.3) is 21.9 Å². The number of ketones is 2. The van der Waals surface area contributed by atoms with Gasteiger partial charge in [0.05, 0.1) is 33.7 Å². The van der Waals surface area contributed by atoms with Crippen LogP contribution in [0.5, 0.6) is 17.2 Å². The van der Waals surface area contributed by atoms with E-state index in [0.717, 1.165) is 12.1 Å². The summed E-state index contributed by atoms with van der Waals surface area (Å²) in [7, 11) is 0. The van der Waals surface area contributed by atoms with E-state index in [1.54, 1.807) is 0 Å². The van der Waals surface area contributed by atoms with Gasteiger partial charge in [0.15, 0.2) is 5.76 Å². The van der Waals surface area contributed by atoms with Gasteiger partial charge >= 0.3 is 0 Å². The summed E-state index contributed by atoms with van der Waals surface area (Å²) in [4.78, 5) is 25.6. The summed E-state index contributed by atoms with van der Waals surface area (Å²) >= 11 is 0. The highest BCUT2D eigenvalue weighted by molar-refractivity contribution is 6.34. The molecule has 0 unspecified atom stereocenters. The molecule has 1 aliphatic rings. The molecule has 0 bridgehead atoms. The van der Waals surface area contributed by atoms with Crippen LogP contribution in [0.15, 0.2) is 39.4 Å². The molecule has 0 amide bonds. The lowest BCUT2D eigenvalue weighted by atomic mass is 9.85. The zero-order valence-electron chi connectivity index (χ0n) is 12.4. The van der Waals surface area contributed by atoms with Gasteiger partial charge in [0.2, 0.25) is 11.6 Å². The first kappa shape index (κ1) is 13.7. The summed E-state index contributed by atoms with van der Waals surface area (Å²) in [5.74, 6) is -2.88. The van der Waals surface area contributed by atoms with E-state index in [1.807, 2.05) is 0 Å². The van der Waals surface area contributed by atoms with Crippen LogP contribution < -0.4 is 0 Å². The predicted octanol–water partition coefficient (Wildman–Crippen LogP) is 3.07. The van der Waals surface area contributed by atoms with E-state index >= 15 is 0 Å². The molecule has 0 fully saturated rings. The maximum absolute atomic E-state index is 12.9. The zero-order valence-corrected chi connectivity index (χ0v) is 12.4.